The lowest BCUT2D eigenvalue weighted by Gasteiger charge is -2.34. The van der Waals surface area contributed by atoms with E-state index in [9.17, 15) is 4.79 Å². The molecular formula is C17H22N5O3+. The molecule has 0 unspecified atom stereocenters. The number of benzene rings is 1. The summed E-state index contributed by atoms with van der Waals surface area (Å²) in [7, 11) is 3.55. The van der Waals surface area contributed by atoms with Crippen LogP contribution < -0.4 is 14.1 Å². The Hall–Kier alpha value is -2.58. The summed E-state index contributed by atoms with van der Waals surface area (Å²) in [5, 5.41) is 0. The molecular weight excluding hydrogens is 322 g/mol. The summed E-state index contributed by atoms with van der Waals surface area (Å²) in [4.78, 5) is 27.0. The van der Waals surface area contributed by atoms with Gasteiger partial charge in [-0.3, -0.25) is 9.28 Å². The zero-order chi connectivity index (χ0) is 17.9. The second-order valence-corrected chi connectivity index (χ2v) is 6.07. The van der Waals surface area contributed by atoms with Gasteiger partial charge >= 0.3 is 12.0 Å². The van der Waals surface area contributed by atoms with E-state index in [0.717, 1.165) is 13.1 Å². The first kappa shape index (κ1) is 17.2. The summed E-state index contributed by atoms with van der Waals surface area (Å²) in [5.41, 5.74) is 0.693. The Bertz CT molecular complexity index is 747. The van der Waals surface area contributed by atoms with E-state index in [0.29, 0.717) is 29.3 Å². The van der Waals surface area contributed by atoms with E-state index in [4.69, 9.17) is 9.47 Å². The molecule has 0 radical (unpaired) electrons. The van der Waals surface area contributed by atoms with Crippen molar-refractivity contribution in [2.24, 2.45) is 0 Å². The minimum Gasteiger partial charge on any atom is -0.467 e. The summed E-state index contributed by atoms with van der Waals surface area (Å²) in [6.07, 6.45) is 0. The zero-order valence-corrected chi connectivity index (χ0v) is 14.7. The number of ether oxygens (including phenoxy) is 2. The number of carbonyl (C=O) groups excluding carboxylic acids is 1. The molecule has 1 fully saturated rings. The molecule has 25 heavy (non-hydrogen) atoms. The number of rotatable bonds is 4. The van der Waals surface area contributed by atoms with E-state index in [-0.39, 0.29) is 17.9 Å². The summed E-state index contributed by atoms with van der Waals surface area (Å²) in [6, 6.07) is 9.47. The van der Waals surface area contributed by atoms with Crippen LogP contribution in [0.15, 0.2) is 30.3 Å². The Morgan fingerprint density at radius 3 is 2.44 bits per heavy atom. The van der Waals surface area contributed by atoms with Crippen molar-refractivity contribution >= 4 is 23.5 Å². The van der Waals surface area contributed by atoms with Crippen LogP contribution in [0.2, 0.25) is 0 Å². The van der Waals surface area contributed by atoms with Crippen LogP contribution in [-0.4, -0.2) is 61.3 Å². The van der Waals surface area contributed by atoms with Gasteiger partial charge in [0.05, 0.1) is 33.1 Å². The third-order valence-corrected chi connectivity index (χ3v) is 4.24. The topological polar surface area (TPSA) is 77.4 Å². The van der Waals surface area contributed by atoms with Gasteiger partial charge < -0.3 is 9.47 Å². The summed E-state index contributed by atoms with van der Waals surface area (Å²) in [6.45, 7) is 4.24. The number of hydrogen-bond acceptors (Lipinski definition) is 6. The highest BCUT2D eigenvalue weighted by Gasteiger charge is 2.34. The average Bonchev–Trinajstić information content (AvgIpc) is 2.63. The standard InChI is InChI=1S/C17H22N5O3/c1-13(23)21(14-7-5-4-6-8-14)15-18-16(20-17(19-15)24-3)22(2)9-11-25-12-10-22/h4-8H,9-12H2,1-3H3/q+1. The Morgan fingerprint density at radius 2 is 1.84 bits per heavy atom. The SMILES string of the molecule is COc1nc(N(C(C)=O)c2ccccc2)nc([N+]2(C)CCOCC2)n1. The largest absolute Gasteiger partial charge is 0.467 e. The van der Waals surface area contributed by atoms with Gasteiger partial charge in [0.1, 0.15) is 13.1 Å². The van der Waals surface area contributed by atoms with E-state index in [1.165, 1.54) is 18.9 Å². The van der Waals surface area contributed by atoms with Crippen LogP contribution in [0.1, 0.15) is 6.92 Å². The molecule has 1 aliphatic rings. The second kappa shape index (κ2) is 7.12. The number of para-hydroxylation sites is 1. The lowest BCUT2D eigenvalue weighted by atomic mass is 10.3. The predicted octanol–water partition coefficient (Wildman–Crippen LogP) is 1.53. The minimum atomic E-state index is -0.185. The van der Waals surface area contributed by atoms with Gasteiger partial charge in [0.15, 0.2) is 0 Å². The van der Waals surface area contributed by atoms with Crippen LogP contribution in [0.3, 0.4) is 0 Å². The maximum atomic E-state index is 12.3. The number of hydrogen-bond donors (Lipinski definition) is 0. The summed E-state index contributed by atoms with van der Waals surface area (Å²) in [5.74, 6) is 0.633. The molecule has 0 saturated carbocycles. The van der Waals surface area contributed by atoms with Gasteiger partial charge in [-0.05, 0) is 12.1 Å². The Kier molecular flexibility index (Phi) is 4.91. The molecule has 1 amide bonds. The lowest BCUT2D eigenvalue weighted by Crippen LogP contribution is -2.54. The third kappa shape index (κ3) is 3.59. The number of likely N-dealkylation sites (N-methyl/N-ethyl adjacent to an activating group) is 1. The van der Waals surface area contributed by atoms with Crippen molar-refractivity contribution in [1.29, 1.82) is 0 Å². The Morgan fingerprint density at radius 1 is 1.16 bits per heavy atom. The third-order valence-electron chi connectivity index (χ3n) is 4.24. The number of quaternary nitrogens is 1. The first-order chi connectivity index (χ1) is 12.0. The first-order valence-electron chi connectivity index (χ1n) is 8.12. The summed E-state index contributed by atoms with van der Waals surface area (Å²) < 4.78 is 11.2. The monoisotopic (exact) mass is 344 g/mol. The molecule has 2 aromatic rings. The van der Waals surface area contributed by atoms with E-state index < -0.39 is 0 Å². The lowest BCUT2D eigenvalue weighted by molar-refractivity contribution is -0.115. The van der Waals surface area contributed by atoms with Gasteiger partial charge in [0.25, 0.3) is 0 Å². The van der Waals surface area contributed by atoms with Gasteiger partial charge in [-0.1, -0.05) is 18.2 Å². The van der Waals surface area contributed by atoms with Crippen LogP contribution in [-0.2, 0) is 9.53 Å². The Balaban J connectivity index is 2.08. The van der Waals surface area contributed by atoms with Crippen molar-refractivity contribution in [3.8, 4) is 6.01 Å². The number of morpholine rings is 1. The van der Waals surface area contributed by atoms with Crippen molar-refractivity contribution in [2.75, 3.05) is 45.4 Å². The van der Waals surface area contributed by atoms with Gasteiger partial charge in [-0.15, -0.1) is 9.97 Å². The molecule has 0 N–H and O–H groups in total. The smallest absolute Gasteiger partial charge is 0.336 e. The fourth-order valence-corrected chi connectivity index (χ4v) is 2.73. The van der Waals surface area contributed by atoms with Crippen molar-refractivity contribution in [3.63, 3.8) is 0 Å². The maximum absolute atomic E-state index is 12.3. The molecule has 0 aliphatic carbocycles. The zero-order valence-electron chi connectivity index (χ0n) is 14.7. The van der Waals surface area contributed by atoms with Crippen molar-refractivity contribution in [2.45, 2.75) is 6.92 Å². The van der Waals surface area contributed by atoms with Gasteiger partial charge in [0, 0.05) is 6.92 Å². The van der Waals surface area contributed by atoms with Crippen LogP contribution in [0.5, 0.6) is 6.01 Å². The van der Waals surface area contributed by atoms with Gasteiger partial charge in [0.2, 0.25) is 11.9 Å². The van der Waals surface area contributed by atoms with Gasteiger partial charge in [-0.2, -0.15) is 4.98 Å². The van der Waals surface area contributed by atoms with E-state index in [1.54, 1.807) is 0 Å². The first-order valence-corrected chi connectivity index (χ1v) is 8.12. The Labute approximate surface area is 146 Å². The van der Waals surface area contributed by atoms with Crippen LogP contribution in [0.25, 0.3) is 0 Å². The number of amides is 1. The number of carbonyl (C=O) groups is 1. The molecule has 1 aromatic heterocycles. The second-order valence-electron chi connectivity index (χ2n) is 6.07. The molecule has 1 aliphatic heterocycles. The highest BCUT2D eigenvalue weighted by Crippen LogP contribution is 2.27. The highest BCUT2D eigenvalue weighted by molar-refractivity contribution is 5.97. The molecule has 1 aromatic carbocycles. The minimum absolute atomic E-state index is 0.185. The molecule has 0 bridgehead atoms. The quantitative estimate of drug-likeness (QED) is 0.783. The van der Waals surface area contributed by atoms with Crippen LogP contribution in [0.4, 0.5) is 17.6 Å². The summed E-state index contributed by atoms with van der Waals surface area (Å²) >= 11 is 0. The fourth-order valence-electron chi connectivity index (χ4n) is 2.73. The molecule has 132 valence electrons. The molecule has 0 spiro atoms. The number of methoxy groups -OCH3 is 1. The fraction of sp³-hybridized carbons (Fsp3) is 0.412. The van der Waals surface area contributed by atoms with Crippen LogP contribution >= 0.6 is 0 Å². The van der Waals surface area contributed by atoms with Crippen molar-refractivity contribution in [1.82, 2.24) is 19.4 Å². The average molecular weight is 344 g/mol. The predicted molar refractivity (Wildman–Crippen MR) is 93.9 cm³/mol. The van der Waals surface area contributed by atoms with E-state index >= 15 is 0 Å². The molecule has 1 saturated heterocycles. The number of nitrogens with zero attached hydrogens (tertiary/aromatic N) is 5. The molecule has 8 heteroatoms. The van der Waals surface area contributed by atoms with E-state index in [2.05, 4.69) is 15.0 Å². The molecule has 0 atom stereocenters. The molecule has 8 nitrogen and oxygen atoms in total. The number of aromatic nitrogens is 3. The van der Waals surface area contributed by atoms with Crippen molar-refractivity contribution in [3.05, 3.63) is 30.3 Å². The normalized spacial score (nSPS) is 16.3. The highest BCUT2D eigenvalue weighted by atomic mass is 16.5. The van der Waals surface area contributed by atoms with E-state index in [1.807, 2.05) is 37.4 Å². The van der Waals surface area contributed by atoms with Crippen LogP contribution in [0, 0.1) is 0 Å². The molecule has 3 rings (SSSR count). The maximum Gasteiger partial charge on any atom is 0.336 e. The van der Waals surface area contributed by atoms with Gasteiger partial charge in [-0.25, -0.2) is 4.90 Å². The molecule has 2 heterocycles. The number of anilines is 2. The van der Waals surface area contributed by atoms with Crippen molar-refractivity contribution < 1.29 is 14.3 Å².